The molecule has 0 aromatic rings. The summed E-state index contributed by atoms with van der Waals surface area (Å²) in [4.78, 5) is 14.5. The fourth-order valence-corrected chi connectivity index (χ4v) is 2.82. The van der Waals surface area contributed by atoms with Crippen molar-refractivity contribution in [2.24, 2.45) is 17.8 Å². The van der Waals surface area contributed by atoms with Gasteiger partial charge in [-0.25, -0.2) is 0 Å². The number of carbonyl (C=O) groups excluding carboxylic acids is 1. The van der Waals surface area contributed by atoms with Crippen molar-refractivity contribution in [1.29, 1.82) is 0 Å². The van der Waals surface area contributed by atoms with E-state index in [4.69, 9.17) is 0 Å². The highest BCUT2D eigenvalue weighted by molar-refractivity contribution is 5.78. The van der Waals surface area contributed by atoms with Crippen LogP contribution in [0.2, 0.25) is 0 Å². The van der Waals surface area contributed by atoms with E-state index in [1.807, 2.05) is 0 Å². The van der Waals surface area contributed by atoms with Crippen molar-refractivity contribution in [2.75, 3.05) is 19.6 Å². The molecule has 1 heterocycles. The van der Waals surface area contributed by atoms with Gasteiger partial charge in [0.05, 0.1) is 0 Å². The van der Waals surface area contributed by atoms with Crippen LogP contribution in [0.4, 0.5) is 0 Å². The standard InChI is InChI=1S/C15H28N2O/c1-11-6-8-17(9-7-11)12(2)10-16-15(18)13(3)14-4-5-14/h11-14H,4-10H2,1-3H3,(H,16,18). The quantitative estimate of drug-likeness (QED) is 0.814. The summed E-state index contributed by atoms with van der Waals surface area (Å²) < 4.78 is 0. The van der Waals surface area contributed by atoms with Crippen LogP contribution in [0.3, 0.4) is 0 Å². The second-order valence-electron chi connectivity index (χ2n) is 6.44. The van der Waals surface area contributed by atoms with E-state index in [1.165, 1.54) is 38.8 Å². The maximum absolute atomic E-state index is 11.9. The summed E-state index contributed by atoms with van der Waals surface area (Å²) in [7, 11) is 0. The Hall–Kier alpha value is -0.570. The Kier molecular flexibility index (Phi) is 4.66. The zero-order valence-electron chi connectivity index (χ0n) is 12.1. The second-order valence-corrected chi connectivity index (χ2v) is 6.44. The molecule has 3 nitrogen and oxygen atoms in total. The fourth-order valence-electron chi connectivity index (χ4n) is 2.82. The zero-order chi connectivity index (χ0) is 13.1. The van der Waals surface area contributed by atoms with Gasteiger partial charge in [-0.3, -0.25) is 9.69 Å². The molecule has 0 aromatic carbocycles. The first-order chi connectivity index (χ1) is 8.58. The first-order valence-electron chi connectivity index (χ1n) is 7.59. The first kappa shape index (κ1) is 13.9. The third-order valence-corrected chi connectivity index (χ3v) is 4.76. The molecule has 2 rings (SSSR count). The molecule has 2 aliphatic rings. The highest BCUT2D eigenvalue weighted by atomic mass is 16.1. The number of piperidine rings is 1. The Morgan fingerprint density at radius 2 is 1.83 bits per heavy atom. The topological polar surface area (TPSA) is 32.3 Å². The summed E-state index contributed by atoms with van der Waals surface area (Å²) >= 11 is 0. The van der Waals surface area contributed by atoms with Crippen LogP contribution in [0.1, 0.15) is 46.5 Å². The Bertz CT molecular complexity index is 280. The summed E-state index contributed by atoms with van der Waals surface area (Å²) in [5.74, 6) is 2.02. The maximum Gasteiger partial charge on any atom is 0.223 e. The lowest BCUT2D eigenvalue weighted by Crippen LogP contribution is -2.46. The van der Waals surface area contributed by atoms with Gasteiger partial charge in [-0.05, 0) is 57.5 Å². The smallest absolute Gasteiger partial charge is 0.223 e. The molecule has 2 atom stereocenters. The Morgan fingerprint density at radius 3 is 2.39 bits per heavy atom. The van der Waals surface area contributed by atoms with Crippen LogP contribution in [0, 0.1) is 17.8 Å². The van der Waals surface area contributed by atoms with Gasteiger partial charge in [0.15, 0.2) is 0 Å². The molecular formula is C15H28N2O. The van der Waals surface area contributed by atoms with Crippen molar-refractivity contribution in [3.63, 3.8) is 0 Å². The van der Waals surface area contributed by atoms with Gasteiger partial charge in [0.25, 0.3) is 0 Å². The van der Waals surface area contributed by atoms with E-state index in [-0.39, 0.29) is 11.8 Å². The predicted molar refractivity (Wildman–Crippen MR) is 74.3 cm³/mol. The third kappa shape index (κ3) is 3.71. The van der Waals surface area contributed by atoms with Crippen molar-refractivity contribution < 1.29 is 4.79 Å². The summed E-state index contributed by atoms with van der Waals surface area (Å²) in [5, 5.41) is 3.13. The molecule has 3 heteroatoms. The largest absolute Gasteiger partial charge is 0.354 e. The zero-order valence-corrected chi connectivity index (χ0v) is 12.1. The normalized spacial score (nSPS) is 25.7. The van der Waals surface area contributed by atoms with E-state index in [2.05, 4.69) is 31.0 Å². The first-order valence-corrected chi connectivity index (χ1v) is 7.59. The molecule has 2 unspecified atom stereocenters. The van der Waals surface area contributed by atoms with E-state index in [9.17, 15) is 4.79 Å². The average Bonchev–Trinajstić information content (AvgIpc) is 3.19. The van der Waals surface area contributed by atoms with Crippen molar-refractivity contribution in [3.8, 4) is 0 Å². The minimum absolute atomic E-state index is 0.221. The monoisotopic (exact) mass is 252 g/mol. The molecule has 0 bridgehead atoms. The number of nitrogens with zero attached hydrogens (tertiary/aromatic N) is 1. The summed E-state index contributed by atoms with van der Waals surface area (Å²) in [6.07, 6.45) is 5.09. The lowest BCUT2D eigenvalue weighted by Gasteiger charge is -2.35. The highest BCUT2D eigenvalue weighted by Gasteiger charge is 2.32. The van der Waals surface area contributed by atoms with Crippen molar-refractivity contribution >= 4 is 5.91 Å². The minimum atomic E-state index is 0.221. The van der Waals surface area contributed by atoms with Crippen molar-refractivity contribution in [1.82, 2.24) is 10.2 Å². The molecule has 0 spiro atoms. The lowest BCUT2D eigenvalue weighted by molar-refractivity contribution is -0.125. The SMILES string of the molecule is CC1CCN(C(C)CNC(=O)C(C)C2CC2)CC1. The molecule has 0 radical (unpaired) electrons. The second kappa shape index (κ2) is 6.05. The van der Waals surface area contributed by atoms with Gasteiger partial charge in [0.1, 0.15) is 0 Å². The van der Waals surface area contributed by atoms with Crippen LogP contribution >= 0.6 is 0 Å². The Morgan fingerprint density at radius 1 is 1.22 bits per heavy atom. The van der Waals surface area contributed by atoms with Crippen LogP contribution in [-0.2, 0) is 4.79 Å². The van der Waals surface area contributed by atoms with E-state index in [0.717, 1.165) is 12.5 Å². The Labute approximate surface area is 111 Å². The molecule has 1 aliphatic carbocycles. The van der Waals surface area contributed by atoms with Crippen LogP contribution in [-0.4, -0.2) is 36.5 Å². The molecule has 1 amide bonds. The van der Waals surface area contributed by atoms with Crippen LogP contribution in [0.5, 0.6) is 0 Å². The lowest BCUT2D eigenvalue weighted by atomic mass is 9.98. The fraction of sp³-hybridized carbons (Fsp3) is 0.933. The van der Waals surface area contributed by atoms with E-state index in [1.54, 1.807) is 0 Å². The predicted octanol–water partition coefficient (Wildman–Crippen LogP) is 2.27. The number of likely N-dealkylation sites (tertiary alicyclic amines) is 1. The van der Waals surface area contributed by atoms with Crippen molar-refractivity contribution in [3.05, 3.63) is 0 Å². The summed E-state index contributed by atoms with van der Waals surface area (Å²) in [5.41, 5.74) is 0. The molecule has 1 N–H and O–H groups in total. The van der Waals surface area contributed by atoms with Gasteiger partial charge in [-0.15, -0.1) is 0 Å². The molecule has 1 saturated carbocycles. The molecule has 0 aromatic heterocycles. The van der Waals surface area contributed by atoms with Gasteiger partial charge >= 0.3 is 0 Å². The van der Waals surface area contributed by atoms with Gasteiger partial charge < -0.3 is 5.32 Å². The number of amides is 1. The third-order valence-electron chi connectivity index (χ3n) is 4.76. The number of hydrogen-bond donors (Lipinski definition) is 1. The molecule has 18 heavy (non-hydrogen) atoms. The number of carbonyl (C=O) groups is 1. The molecule has 1 aliphatic heterocycles. The molecule has 2 fully saturated rings. The van der Waals surface area contributed by atoms with Crippen LogP contribution < -0.4 is 5.32 Å². The number of hydrogen-bond acceptors (Lipinski definition) is 2. The molecule has 104 valence electrons. The maximum atomic E-state index is 11.9. The van der Waals surface area contributed by atoms with E-state index < -0.39 is 0 Å². The van der Waals surface area contributed by atoms with E-state index in [0.29, 0.717) is 12.0 Å². The van der Waals surface area contributed by atoms with Crippen LogP contribution in [0.15, 0.2) is 0 Å². The van der Waals surface area contributed by atoms with Gasteiger partial charge in [0, 0.05) is 18.5 Å². The van der Waals surface area contributed by atoms with Gasteiger partial charge in [-0.1, -0.05) is 13.8 Å². The molecule has 1 saturated heterocycles. The van der Waals surface area contributed by atoms with E-state index >= 15 is 0 Å². The molecular weight excluding hydrogens is 224 g/mol. The van der Waals surface area contributed by atoms with Gasteiger partial charge in [-0.2, -0.15) is 0 Å². The van der Waals surface area contributed by atoms with Crippen molar-refractivity contribution in [2.45, 2.75) is 52.5 Å². The number of rotatable bonds is 5. The Balaban J connectivity index is 1.67. The van der Waals surface area contributed by atoms with Gasteiger partial charge in [0.2, 0.25) is 5.91 Å². The summed E-state index contributed by atoms with van der Waals surface area (Å²) in [6, 6.07) is 0.479. The average molecular weight is 252 g/mol. The number of nitrogens with one attached hydrogen (secondary N) is 1. The summed E-state index contributed by atoms with van der Waals surface area (Å²) in [6.45, 7) is 9.83. The minimum Gasteiger partial charge on any atom is -0.354 e. The highest BCUT2D eigenvalue weighted by Crippen LogP contribution is 2.36. The van der Waals surface area contributed by atoms with Crippen LogP contribution in [0.25, 0.3) is 0 Å².